The molecular weight excluding hydrogens is 310 g/mol. The summed E-state index contributed by atoms with van der Waals surface area (Å²) in [7, 11) is 1.81. The van der Waals surface area contributed by atoms with Crippen molar-refractivity contribution in [3.63, 3.8) is 0 Å². The van der Waals surface area contributed by atoms with Crippen molar-refractivity contribution >= 4 is 17.2 Å². The maximum Gasteiger partial charge on any atom is 0.264 e. The zero-order valence-electron chi connectivity index (χ0n) is 13.4. The van der Waals surface area contributed by atoms with Gasteiger partial charge in [0.15, 0.2) is 5.82 Å². The fourth-order valence-electron chi connectivity index (χ4n) is 3.22. The maximum absolute atomic E-state index is 12.6. The highest BCUT2D eigenvalue weighted by Crippen LogP contribution is 2.35. The Bertz CT molecular complexity index is 694. The summed E-state index contributed by atoms with van der Waals surface area (Å²) in [6.07, 6.45) is 8.22. The minimum absolute atomic E-state index is 0.0550. The number of aromatic nitrogens is 2. The topological polar surface area (TPSA) is 59.2 Å². The van der Waals surface area contributed by atoms with Crippen LogP contribution in [0.1, 0.15) is 69.8 Å². The van der Waals surface area contributed by atoms with Crippen molar-refractivity contribution in [2.24, 2.45) is 0 Å². The van der Waals surface area contributed by atoms with E-state index in [9.17, 15) is 4.79 Å². The van der Waals surface area contributed by atoms with Gasteiger partial charge in [0.1, 0.15) is 0 Å². The normalized spacial score (nSPS) is 17.6. The molecule has 23 heavy (non-hydrogen) atoms. The summed E-state index contributed by atoms with van der Waals surface area (Å²) in [6.45, 7) is 0.400. The number of nitrogens with zero attached hydrogens (tertiary/aromatic N) is 3. The molecule has 2 aromatic rings. The van der Waals surface area contributed by atoms with Crippen LogP contribution in [0.15, 0.2) is 10.6 Å². The number of thiophene rings is 1. The zero-order valence-corrected chi connectivity index (χ0v) is 14.2. The van der Waals surface area contributed by atoms with Crippen molar-refractivity contribution in [3.8, 4) is 0 Å². The Kier molecular flexibility index (Phi) is 3.93. The quantitative estimate of drug-likeness (QED) is 0.859. The molecule has 0 aliphatic heterocycles. The number of aryl methyl sites for hydroxylation is 2. The SMILES string of the molecule is CN(Cc1noc(C2CCC2)n1)C(=O)c1cc2c(s1)CCCC2. The number of fused-ring (bicyclic) bond motifs is 1. The number of amides is 1. The van der Waals surface area contributed by atoms with E-state index in [4.69, 9.17) is 4.52 Å². The summed E-state index contributed by atoms with van der Waals surface area (Å²) in [5.41, 5.74) is 1.37. The molecule has 1 amide bonds. The van der Waals surface area contributed by atoms with Gasteiger partial charge >= 0.3 is 0 Å². The Hall–Kier alpha value is -1.69. The highest BCUT2D eigenvalue weighted by atomic mass is 32.1. The number of rotatable bonds is 4. The lowest BCUT2D eigenvalue weighted by atomic mass is 9.85. The second-order valence-electron chi connectivity index (χ2n) is 6.60. The standard InChI is InChI=1S/C17H21N3O2S/c1-20(10-15-18-16(22-19-15)11-6-4-7-11)17(21)14-9-12-5-2-3-8-13(12)23-14/h9,11H,2-8,10H2,1H3. The van der Waals surface area contributed by atoms with Crippen molar-refractivity contribution in [3.05, 3.63) is 33.1 Å². The molecule has 0 saturated heterocycles. The van der Waals surface area contributed by atoms with Gasteiger partial charge in [0.05, 0.1) is 11.4 Å². The third-order valence-electron chi connectivity index (χ3n) is 4.87. The molecule has 0 atom stereocenters. The Morgan fingerprint density at radius 2 is 2.17 bits per heavy atom. The molecule has 0 unspecified atom stereocenters. The van der Waals surface area contributed by atoms with Crippen LogP contribution in [-0.4, -0.2) is 28.0 Å². The van der Waals surface area contributed by atoms with Crippen LogP contribution in [0.4, 0.5) is 0 Å². The van der Waals surface area contributed by atoms with Crippen LogP contribution in [0.5, 0.6) is 0 Å². The molecule has 5 nitrogen and oxygen atoms in total. The second kappa shape index (κ2) is 6.07. The highest BCUT2D eigenvalue weighted by molar-refractivity contribution is 7.14. The van der Waals surface area contributed by atoms with E-state index < -0.39 is 0 Å². The molecule has 122 valence electrons. The lowest BCUT2D eigenvalue weighted by Crippen LogP contribution is -2.26. The molecule has 0 spiro atoms. The molecule has 0 bridgehead atoms. The fourth-order valence-corrected chi connectivity index (χ4v) is 4.47. The summed E-state index contributed by atoms with van der Waals surface area (Å²) < 4.78 is 5.32. The van der Waals surface area contributed by atoms with Crippen LogP contribution in [0, 0.1) is 0 Å². The molecule has 2 aliphatic carbocycles. The van der Waals surface area contributed by atoms with Crippen LogP contribution < -0.4 is 0 Å². The van der Waals surface area contributed by atoms with Gasteiger partial charge in [0.2, 0.25) is 5.89 Å². The number of carbonyl (C=O) groups excluding carboxylic acids is 1. The highest BCUT2D eigenvalue weighted by Gasteiger charge is 2.26. The molecule has 1 saturated carbocycles. The predicted molar refractivity (Wildman–Crippen MR) is 87.6 cm³/mol. The first-order valence-corrected chi connectivity index (χ1v) is 9.22. The van der Waals surface area contributed by atoms with Gasteiger partial charge in [0, 0.05) is 17.8 Å². The van der Waals surface area contributed by atoms with Gasteiger partial charge in [-0.3, -0.25) is 4.79 Å². The minimum Gasteiger partial charge on any atom is -0.339 e. The van der Waals surface area contributed by atoms with Gasteiger partial charge in [-0.2, -0.15) is 4.98 Å². The zero-order chi connectivity index (χ0) is 15.8. The van der Waals surface area contributed by atoms with E-state index in [1.54, 1.807) is 23.3 Å². The first kappa shape index (κ1) is 14.9. The van der Waals surface area contributed by atoms with E-state index in [1.807, 2.05) is 0 Å². The Morgan fingerprint density at radius 3 is 2.91 bits per heavy atom. The van der Waals surface area contributed by atoms with Crippen LogP contribution in [0.2, 0.25) is 0 Å². The summed E-state index contributed by atoms with van der Waals surface area (Å²) >= 11 is 1.65. The second-order valence-corrected chi connectivity index (χ2v) is 7.74. The summed E-state index contributed by atoms with van der Waals surface area (Å²) in [5.74, 6) is 1.82. The average molecular weight is 331 g/mol. The number of carbonyl (C=O) groups is 1. The van der Waals surface area contributed by atoms with Gasteiger partial charge in [-0.1, -0.05) is 11.6 Å². The predicted octanol–water partition coefficient (Wildman–Crippen LogP) is 3.55. The third kappa shape index (κ3) is 2.92. The summed E-state index contributed by atoms with van der Waals surface area (Å²) in [6, 6.07) is 2.08. The Morgan fingerprint density at radius 1 is 1.35 bits per heavy atom. The van der Waals surface area contributed by atoms with Gasteiger partial charge in [-0.05, 0) is 50.2 Å². The van der Waals surface area contributed by atoms with Crippen LogP contribution in [0.25, 0.3) is 0 Å². The van der Waals surface area contributed by atoms with Gasteiger partial charge < -0.3 is 9.42 Å². The molecule has 2 heterocycles. The Labute approximate surface area is 139 Å². The van der Waals surface area contributed by atoms with E-state index in [0.717, 1.165) is 36.5 Å². The van der Waals surface area contributed by atoms with E-state index in [1.165, 1.54) is 29.7 Å². The van der Waals surface area contributed by atoms with E-state index in [2.05, 4.69) is 16.2 Å². The van der Waals surface area contributed by atoms with Crippen molar-refractivity contribution in [1.82, 2.24) is 15.0 Å². The molecule has 6 heteroatoms. The number of hydrogen-bond acceptors (Lipinski definition) is 5. The van der Waals surface area contributed by atoms with Crippen LogP contribution >= 0.6 is 11.3 Å². The molecule has 2 aliphatic rings. The number of hydrogen-bond donors (Lipinski definition) is 0. The molecule has 0 N–H and O–H groups in total. The molecule has 1 fully saturated rings. The minimum atomic E-state index is 0.0550. The van der Waals surface area contributed by atoms with Crippen molar-refractivity contribution in [2.75, 3.05) is 7.05 Å². The average Bonchev–Trinajstić information content (AvgIpc) is 3.11. The van der Waals surface area contributed by atoms with Crippen molar-refractivity contribution in [1.29, 1.82) is 0 Å². The lowest BCUT2D eigenvalue weighted by Gasteiger charge is -2.20. The first-order chi connectivity index (χ1) is 11.2. The maximum atomic E-state index is 12.6. The third-order valence-corrected chi connectivity index (χ3v) is 6.10. The summed E-state index contributed by atoms with van der Waals surface area (Å²) in [4.78, 5) is 21.0. The van der Waals surface area contributed by atoms with Gasteiger partial charge in [0.25, 0.3) is 5.91 Å². The van der Waals surface area contributed by atoms with E-state index in [-0.39, 0.29) is 5.91 Å². The molecule has 0 aromatic carbocycles. The summed E-state index contributed by atoms with van der Waals surface area (Å²) in [5, 5.41) is 4.02. The van der Waals surface area contributed by atoms with Gasteiger partial charge in [-0.25, -0.2) is 0 Å². The smallest absolute Gasteiger partial charge is 0.264 e. The van der Waals surface area contributed by atoms with Gasteiger partial charge in [-0.15, -0.1) is 11.3 Å². The monoisotopic (exact) mass is 331 g/mol. The van der Waals surface area contributed by atoms with Crippen molar-refractivity contribution < 1.29 is 9.32 Å². The molecular formula is C17H21N3O2S. The van der Waals surface area contributed by atoms with Crippen LogP contribution in [0.3, 0.4) is 0 Å². The molecule has 4 rings (SSSR count). The largest absolute Gasteiger partial charge is 0.339 e. The fraction of sp³-hybridized carbons (Fsp3) is 0.588. The lowest BCUT2D eigenvalue weighted by molar-refractivity contribution is 0.0785. The molecule has 2 aromatic heterocycles. The Balaban J connectivity index is 1.43. The molecule has 0 radical (unpaired) electrons. The van der Waals surface area contributed by atoms with E-state index in [0.29, 0.717) is 18.3 Å². The van der Waals surface area contributed by atoms with Crippen molar-refractivity contribution in [2.45, 2.75) is 57.4 Å². The first-order valence-electron chi connectivity index (χ1n) is 8.40. The van der Waals surface area contributed by atoms with Crippen LogP contribution in [-0.2, 0) is 19.4 Å². The van der Waals surface area contributed by atoms with E-state index >= 15 is 0 Å².